The molecule has 9 nitrogen and oxygen atoms in total. The highest BCUT2D eigenvalue weighted by Gasteiger charge is 2.15. The van der Waals surface area contributed by atoms with Crippen molar-refractivity contribution < 1.29 is 28.0 Å². The zero-order chi connectivity index (χ0) is 19.9. The van der Waals surface area contributed by atoms with E-state index in [2.05, 4.69) is 4.72 Å². The largest absolute Gasteiger partial charge is 0.482 e. The summed E-state index contributed by atoms with van der Waals surface area (Å²) in [5.74, 6) is -0.170. The highest BCUT2D eigenvalue weighted by atomic mass is 32.2. The van der Waals surface area contributed by atoms with E-state index in [9.17, 15) is 23.3 Å². The highest BCUT2D eigenvalue weighted by Crippen LogP contribution is 2.21. The number of carboxylic acids is 1. The molecule has 2 aromatic carbocycles. The first kappa shape index (κ1) is 20.7. The van der Waals surface area contributed by atoms with E-state index in [0.717, 1.165) is 17.0 Å². The van der Waals surface area contributed by atoms with Crippen LogP contribution in [-0.2, 0) is 14.8 Å². The minimum atomic E-state index is -3.74. The van der Waals surface area contributed by atoms with Gasteiger partial charge in [0.2, 0.25) is 10.0 Å². The summed E-state index contributed by atoms with van der Waals surface area (Å²) in [7, 11) is -3.74. The van der Waals surface area contributed by atoms with Crippen LogP contribution in [0.25, 0.3) is 0 Å². The van der Waals surface area contributed by atoms with Gasteiger partial charge in [-0.2, -0.15) is 0 Å². The van der Waals surface area contributed by atoms with Crippen molar-refractivity contribution in [2.45, 2.75) is 9.79 Å². The van der Waals surface area contributed by atoms with Crippen LogP contribution in [0.15, 0.2) is 58.3 Å². The summed E-state index contributed by atoms with van der Waals surface area (Å²) in [6.07, 6.45) is 0. The Kier molecular flexibility index (Phi) is 7.16. The molecule has 0 heterocycles. The molecule has 0 spiro atoms. The summed E-state index contributed by atoms with van der Waals surface area (Å²) >= 11 is 1.41. The average molecular weight is 412 g/mol. The van der Waals surface area contributed by atoms with E-state index in [-0.39, 0.29) is 17.1 Å². The molecule has 0 unspecified atom stereocenters. The SMILES string of the molecule is O=C(O)COc1ccc(SCCNS(=O)(=O)c2ccc([N+](=O)[O-])cc2)cc1. The number of carboxylic acid groups (broad SMARTS) is 1. The van der Waals surface area contributed by atoms with Crippen LogP contribution >= 0.6 is 11.8 Å². The summed E-state index contributed by atoms with van der Waals surface area (Å²) in [6.45, 7) is -0.252. The number of rotatable bonds is 10. The van der Waals surface area contributed by atoms with Gasteiger partial charge in [0.1, 0.15) is 5.75 Å². The summed E-state index contributed by atoms with van der Waals surface area (Å²) in [5.41, 5.74) is -0.180. The Labute approximate surface area is 159 Å². The molecule has 2 N–H and O–H groups in total. The van der Waals surface area contributed by atoms with Crippen molar-refractivity contribution in [1.29, 1.82) is 0 Å². The average Bonchev–Trinajstić information content (AvgIpc) is 2.64. The predicted molar refractivity (Wildman–Crippen MR) is 98.6 cm³/mol. The maximum Gasteiger partial charge on any atom is 0.341 e. The number of nitro benzene ring substituents is 1. The number of sulfonamides is 1. The molecule has 0 saturated carbocycles. The van der Waals surface area contributed by atoms with E-state index < -0.39 is 27.5 Å². The van der Waals surface area contributed by atoms with Crippen LogP contribution in [0.1, 0.15) is 0 Å². The van der Waals surface area contributed by atoms with Crippen LogP contribution in [0.3, 0.4) is 0 Å². The number of nitrogens with zero attached hydrogens (tertiary/aromatic N) is 1. The van der Waals surface area contributed by atoms with Gasteiger partial charge in [-0.25, -0.2) is 17.9 Å². The smallest absolute Gasteiger partial charge is 0.341 e. The summed E-state index contributed by atoms with van der Waals surface area (Å²) in [6, 6.07) is 11.4. The second-order valence-corrected chi connectivity index (χ2v) is 8.09. The van der Waals surface area contributed by atoms with Crippen LogP contribution in [0.2, 0.25) is 0 Å². The third-order valence-corrected chi connectivity index (χ3v) is 5.70. The van der Waals surface area contributed by atoms with Gasteiger partial charge in [-0.05, 0) is 36.4 Å². The first-order chi connectivity index (χ1) is 12.8. The van der Waals surface area contributed by atoms with Gasteiger partial charge in [0.25, 0.3) is 5.69 Å². The van der Waals surface area contributed by atoms with E-state index in [1.54, 1.807) is 24.3 Å². The first-order valence-corrected chi connectivity index (χ1v) is 10.1. The Morgan fingerprint density at radius 3 is 2.33 bits per heavy atom. The molecule has 0 fully saturated rings. The molecule has 2 rings (SSSR count). The van der Waals surface area contributed by atoms with E-state index in [1.807, 2.05) is 0 Å². The zero-order valence-electron chi connectivity index (χ0n) is 13.9. The van der Waals surface area contributed by atoms with Gasteiger partial charge in [-0.1, -0.05) is 0 Å². The van der Waals surface area contributed by atoms with Gasteiger partial charge >= 0.3 is 5.97 Å². The topological polar surface area (TPSA) is 136 Å². The lowest BCUT2D eigenvalue weighted by Crippen LogP contribution is -2.26. The number of nitro groups is 1. The fourth-order valence-corrected chi connectivity index (χ4v) is 3.88. The second-order valence-electron chi connectivity index (χ2n) is 5.15. The van der Waals surface area contributed by atoms with Gasteiger partial charge in [0.05, 0.1) is 9.82 Å². The molecule has 0 aliphatic carbocycles. The monoisotopic (exact) mass is 412 g/mol. The van der Waals surface area contributed by atoms with Gasteiger partial charge < -0.3 is 9.84 Å². The van der Waals surface area contributed by atoms with E-state index in [1.165, 1.54) is 23.9 Å². The molecule has 0 amide bonds. The van der Waals surface area contributed by atoms with Crippen molar-refractivity contribution in [3.8, 4) is 5.75 Å². The zero-order valence-corrected chi connectivity index (χ0v) is 15.5. The Morgan fingerprint density at radius 1 is 1.15 bits per heavy atom. The molecule has 0 atom stereocenters. The fourth-order valence-electron chi connectivity index (χ4n) is 1.95. The van der Waals surface area contributed by atoms with Crippen molar-refractivity contribution in [1.82, 2.24) is 4.72 Å². The summed E-state index contributed by atoms with van der Waals surface area (Å²) < 4.78 is 31.7. The predicted octanol–water partition coefficient (Wildman–Crippen LogP) is 2.13. The lowest BCUT2D eigenvalue weighted by molar-refractivity contribution is -0.384. The van der Waals surface area contributed by atoms with Gasteiger partial charge in [-0.3, -0.25) is 10.1 Å². The second kappa shape index (κ2) is 9.35. The number of hydrogen-bond acceptors (Lipinski definition) is 7. The number of ether oxygens (including phenoxy) is 1. The Hall–Kier alpha value is -2.63. The van der Waals surface area contributed by atoms with Crippen LogP contribution in [0.5, 0.6) is 5.75 Å². The molecule has 11 heteroatoms. The Balaban J connectivity index is 1.81. The third-order valence-electron chi connectivity index (χ3n) is 3.21. The molecule has 0 aromatic heterocycles. The number of hydrogen-bond donors (Lipinski definition) is 2. The number of carbonyl (C=O) groups is 1. The summed E-state index contributed by atoms with van der Waals surface area (Å²) in [5, 5.41) is 19.1. The standard InChI is InChI=1S/C16H16N2O7S2/c19-16(20)11-25-13-3-5-14(6-4-13)26-10-9-17-27(23,24)15-7-1-12(2-8-15)18(21)22/h1-8,17H,9-11H2,(H,19,20). The van der Waals surface area contributed by atoms with Crippen molar-refractivity contribution in [3.63, 3.8) is 0 Å². The molecule has 0 aliphatic rings. The molecule has 0 radical (unpaired) electrons. The molecule has 144 valence electrons. The van der Waals surface area contributed by atoms with Crippen LogP contribution in [0, 0.1) is 10.1 Å². The maximum absolute atomic E-state index is 12.1. The normalized spacial score (nSPS) is 11.1. The molecule has 2 aromatic rings. The van der Waals surface area contributed by atoms with Gasteiger partial charge in [-0.15, -0.1) is 11.8 Å². The third kappa shape index (κ3) is 6.55. The molecular weight excluding hydrogens is 396 g/mol. The molecular formula is C16H16N2O7S2. The number of thioether (sulfide) groups is 1. The van der Waals surface area contributed by atoms with Crippen molar-refractivity contribution >= 4 is 33.4 Å². The maximum atomic E-state index is 12.1. The van der Waals surface area contributed by atoms with E-state index in [0.29, 0.717) is 11.5 Å². The van der Waals surface area contributed by atoms with Crippen LogP contribution in [-0.4, -0.2) is 43.3 Å². The van der Waals surface area contributed by atoms with Crippen molar-refractivity contribution in [3.05, 3.63) is 58.6 Å². The van der Waals surface area contributed by atoms with Crippen molar-refractivity contribution in [2.75, 3.05) is 18.9 Å². The fraction of sp³-hybridized carbons (Fsp3) is 0.188. The number of non-ortho nitro benzene ring substituents is 1. The van der Waals surface area contributed by atoms with E-state index >= 15 is 0 Å². The number of nitrogens with one attached hydrogen (secondary N) is 1. The van der Waals surface area contributed by atoms with Crippen molar-refractivity contribution in [2.24, 2.45) is 0 Å². The minimum Gasteiger partial charge on any atom is -0.482 e. The quantitative estimate of drug-likeness (QED) is 0.262. The number of benzene rings is 2. The van der Waals surface area contributed by atoms with Crippen LogP contribution < -0.4 is 9.46 Å². The molecule has 0 bridgehead atoms. The number of aliphatic carboxylic acids is 1. The highest BCUT2D eigenvalue weighted by molar-refractivity contribution is 7.99. The van der Waals surface area contributed by atoms with Crippen LogP contribution in [0.4, 0.5) is 5.69 Å². The molecule has 27 heavy (non-hydrogen) atoms. The molecule has 0 saturated heterocycles. The first-order valence-electron chi connectivity index (χ1n) is 7.59. The lowest BCUT2D eigenvalue weighted by Gasteiger charge is -2.07. The van der Waals surface area contributed by atoms with E-state index in [4.69, 9.17) is 9.84 Å². The Bertz CT molecular complexity index is 897. The summed E-state index contributed by atoms with van der Waals surface area (Å²) in [4.78, 5) is 21.3. The Morgan fingerprint density at radius 2 is 1.78 bits per heavy atom. The lowest BCUT2D eigenvalue weighted by atomic mass is 10.3. The van der Waals surface area contributed by atoms with Gasteiger partial charge in [0, 0.05) is 29.3 Å². The van der Waals surface area contributed by atoms with Gasteiger partial charge in [0.15, 0.2) is 6.61 Å². The minimum absolute atomic E-state index is 0.0435. The molecule has 0 aliphatic heterocycles.